The molecule has 1 aromatic carbocycles. The third-order valence-electron chi connectivity index (χ3n) is 5.21. The van der Waals surface area contributed by atoms with Crippen molar-refractivity contribution in [3.8, 4) is 0 Å². The molecule has 0 bridgehead atoms. The normalized spacial score (nSPS) is 12.4. The van der Waals surface area contributed by atoms with E-state index in [1.54, 1.807) is 13.8 Å². The second-order valence-corrected chi connectivity index (χ2v) is 10.1. The molecule has 11 heteroatoms. The number of fused-ring (bicyclic) bond motifs is 3. The van der Waals surface area contributed by atoms with Gasteiger partial charge in [0.1, 0.15) is 10.4 Å². The number of esters is 1. The van der Waals surface area contributed by atoms with E-state index in [0.717, 1.165) is 33.4 Å². The number of hydrogen-bond donors (Lipinski definition) is 1. The van der Waals surface area contributed by atoms with Gasteiger partial charge in [-0.05, 0) is 40.2 Å². The fourth-order valence-corrected chi connectivity index (χ4v) is 5.37. The minimum absolute atomic E-state index is 0.184. The maximum Gasteiger partial charge on any atom is 0.350 e. The maximum atomic E-state index is 13.0. The van der Waals surface area contributed by atoms with Crippen molar-refractivity contribution in [1.82, 2.24) is 24.7 Å². The Morgan fingerprint density at radius 3 is 2.65 bits per heavy atom. The van der Waals surface area contributed by atoms with E-state index in [0.29, 0.717) is 27.3 Å². The van der Waals surface area contributed by atoms with Crippen molar-refractivity contribution in [2.24, 2.45) is 0 Å². The summed E-state index contributed by atoms with van der Waals surface area (Å²) >= 11 is 2.37. The molecular formula is C23H26N6O3S2. The summed E-state index contributed by atoms with van der Waals surface area (Å²) < 4.78 is 7.19. The molecule has 9 nitrogen and oxygen atoms in total. The lowest BCUT2D eigenvalue weighted by Crippen LogP contribution is -2.24. The van der Waals surface area contributed by atoms with Crippen LogP contribution >= 0.6 is 23.1 Å². The number of thioether (sulfide) groups is 1. The van der Waals surface area contributed by atoms with E-state index in [9.17, 15) is 9.59 Å². The number of aromatic nitrogens is 5. The number of carbonyl (C=O) groups excluding carboxylic acids is 2. The van der Waals surface area contributed by atoms with Crippen molar-refractivity contribution in [3.05, 3.63) is 34.8 Å². The summed E-state index contributed by atoms with van der Waals surface area (Å²) in [5.41, 5.74) is 3.08. The van der Waals surface area contributed by atoms with Crippen molar-refractivity contribution < 1.29 is 14.3 Å². The van der Waals surface area contributed by atoms with Gasteiger partial charge in [-0.3, -0.25) is 4.79 Å². The summed E-state index contributed by atoms with van der Waals surface area (Å²) in [7, 11) is 0. The SMILES string of the molecule is CCOC(=O)c1sc(NC(=O)[C@@H](CC)Sc2nnc3c4ccccc4n(C(C)C)c3n2)nc1C. The minimum Gasteiger partial charge on any atom is -0.462 e. The summed E-state index contributed by atoms with van der Waals surface area (Å²) in [5.74, 6) is -0.669. The number of hydrogen-bond acceptors (Lipinski definition) is 9. The molecule has 4 rings (SSSR count). The molecule has 4 aromatic rings. The van der Waals surface area contributed by atoms with E-state index in [4.69, 9.17) is 9.72 Å². The first-order valence-electron chi connectivity index (χ1n) is 11.1. The second kappa shape index (κ2) is 10.1. The average molecular weight is 499 g/mol. The van der Waals surface area contributed by atoms with Crippen LogP contribution in [0.25, 0.3) is 22.1 Å². The Bertz CT molecular complexity index is 1360. The number of aryl methyl sites for hydroxylation is 1. The maximum absolute atomic E-state index is 13.0. The fourth-order valence-electron chi connectivity index (χ4n) is 3.69. The number of thiazole rings is 1. The molecule has 0 aliphatic rings. The molecule has 1 N–H and O–H groups in total. The topological polar surface area (TPSA) is 112 Å². The summed E-state index contributed by atoms with van der Waals surface area (Å²) in [6.45, 7) is 9.86. The average Bonchev–Trinajstić information content (AvgIpc) is 3.34. The molecule has 3 heterocycles. The van der Waals surface area contributed by atoms with Gasteiger partial charge in [-0.1, -0.05) is 48.2 Å². The van der Waals surface area contributed by atoms with Crippen LogP contribution in [0.1, 0.15) is 55.5 Å². The van der Waals surface area contributed by atoms with Gasteiger partial charge in [0, 0.05) is 11.4 Å². The third kappa shape index (κ3) is 4.62. The highest BCUT2D eigenvalue weighted by molar-refractivity contribution is 8.00. The molecule has 0 fully saturated rings. The van der Waals surface area contributed by atoms with Gasteiger partial charge in [0.2, 0.25) is 11.1 Å². The van der Waals surface area contributed by atoms with E-state index in [-0.39, 0.29) is 18.6 Å². The Balaban J connectivity index is 1.57. The predicted octanol–water partition coefficient (Wildman–Crippen LogP) is 5.01. The first-order valence-corrected chi connectivity index (χ1v) is 12.8. The lowest BCUT2D eigenvalue weighted by molar-refractivity contribution is -0.115. The summed E-state index contributed by atoms with van der Waals surface area (Å²) in [4.78, 5) is 34.5. The number of anilines is 1. The molecule has 0 spiro atoms. The standard InChI is InChI=1S/C23H26N6O3S2/c1-6-16(20(30)26-22-24-13(5)18(34-22)21(31)32-7-2)33-23-25-19-17(27-28-23)14-10-8-9-11-15(14)29(19)12(3)4/h8-12,16H,6-7H2,1-5H3,(H,24,26,30)/t16-/m1/s1. The van der Waals surface area contributed by atoms with Crippen LogP contribution < -0.4 is 5.32 Å². The van der Waals surface area contributed by atoms with E-state index in [1.165, 1.54) is 11.8 Å². The van der Waals surface area contributed by atoms with Crippen LogP contribution in [-0.2, 0) is 9.53 Å². The van der Waals surface area contributed by atoms with Crippen molar-refractivity contribution in [1.29, 1.82) is 0 Å². The number of amides is 1. The van der Waals surface area contributed by atoms with E-state index in [1.807, 2.05) is 31.2 Å². The molecule has 0 aliphatic heterocycles. The summed E-state index contributed by atoms with van der Waals surface area (Å²) in [6.07, 6.45) is 0.556. The van der Waals surface area contributed by atoms with Gasteiger partial charge in [-0.25, -0.2) is 14.8 Å². The van der Waals surface area contributed by atoms with Crippen LogP contribution in [0.5, 0.6) is 0 Å². The Morgan fingerprint density at radius 2 is 1.94 bits per heavy atom. The predicted molar refractivity (Wildman–Crippen MR) is 135 cm³/mol. The van der Waals surface area contributed by atoms with E-state index in [2.05, 4.69) is 38.9 Å². The van der Waals surface area contributed by atoms with Gasteiger partial charge in [0.15, 0.2) is 10.8 Å². The number of para-hydroxylation sites is 1. The van der Waals surface area contributed by atoms with Gasteiger partial charge in [-0.15, -0.1) is 10.2 Å². The molecular weight excluding hydrogens is 472 g/mol. The highest BCUT2D eigenvalue weighted by Crippen LogP contribution is 2.31. The molecule has 178 valence electrons. The van der Waals surface area contributed by atoms with E-state index < -0.39 is 11.2 Å². The lowest BCUT2D eigenvalue weighted by atomic mass is 10.2. The van der Waals surface area contributed by atoms with Crippen LogP contribution in [0.4, 0.5) is 5.13 Å². The second-order valence-electron chi connectivity index (χ2n) is 7.91. The van der Waals surface area contributed by atoms with Crippen molar-refractivity contribution in [3.63, 3.8) is 0 Å². The van der Waals surface area contributed by atoms with Crippen LogP contribution in [0.2, 0.25) is 0 Å². The molecule has 34 heavy (non-hydrogen) atoms. The smallest absolute Gasteiger partial charge is 0.350 e. The van der Waals surface area contributed by atoms with Gasteiger partial charge in [-0.2, -0.15) is 0 Å². The van der Waals surface area contributed by atoms with Crippen LogP contribution in [0.15, 0.2) is 29.4 Å². The van der Waals surface area contributed by atoms with Crippen LogP contribution in [0, 0.1) is 6.92 Å². The monoisotopic (exact) mass is 498 g/mol. The summed E-state index contributed by atoms with van der Waals surface area (Å²) in [6, 6.07) is 8.22. The Kier molecular flexibility index (Phi) is 7.13. The van der Waals surface area contributed by atoms with Gasteiger partial charge < -0.3 is 14.6 Å². The minimum atomic E-state index is -0.452. The molecule has 3 aromatic heterocycles. The number of nitrogens with one attached hydrogen (secondary N) is 1. The van der Waals surface area contributed by atoms with Crippen molar-refractivity contribution >= 4 is 62.2 Å². The Hall–Kier alpha value is -3.05. The number of rotatable bonds is 8. The first-order chi connectivity index (χ1) is 16.3. The van der Waals surface area contributed by atoms with Crippen molar-refractivity contribution in [2.45, 2.75) is 57.5 Å². The molecule has 1 atom stereocenters. The zero-order valence-corrected chi connectivity index (χ0v) is 21.3. The molecule has 0 saturated heterocycles. The lowest BCUT2D eigenvalue weighted by Gasteiger charge is -2.13. The largest absolute Gasteiger partial charge is 0.462 e. The quantitative estimate of drug-likeness (QED) is 0.266. The van der Waals surface area contributed by atoms with Gasteiger partial charge in [0.05, 0.1) is 23.1 Å². The zero-order chi connectivity index (χ0) is 24.4. The number of nitrogens with zero attached hydrogens (tertiary/aromatic N) is 5. The van der Waals surface area contributed by atoms with Crippen molar-refractivity contribution in [2.75, 3.05) is 11.9 Å². The summed E-state index contributed by atoms with van der Waals surface area (Å²) in [5, 5.41) is 12.9. The highest BCUT2D eigenvalue weighted by atomic mass is 32.2. The number of benzene rings is 1. The van der Waals surface area contributed by atoms with E-state index >= 15 is 0 Å². The van der Waals surface area contributed by atoms with Gasteiger partial charge >= 0.3 is 5.97 Å². The van der Waals surface area contributed by atoms with Crippen LogP contribution in [0.3, 0.4) is 0 Å². The Morgan fingerprint density at radius 1 is 1.18 bits per heavy atom. The molecule has 0 saturated carbocycles. The van der Waals surface area contributed by atoms with Crippen LogP contribution in [-0.4, -0.2) is 48.5 Å². The number of carbonyl (C=O) groups is 2. The third-order valence-corrected chi connectivity index (χ3v) is 7.48. The molecule has 1 amide bonds. The molecule has 0 radical (unpaired) electrons. The molecule has 0 unspecified atom stereocenters. The first kappa shape index (κ1) is 24.1. The highest BCUT2D eigenvalue weighted by Gasteiger charge is 2.24. The zero-order valence-electron chi connectivity index (χ0n) is 19.7. The molecule has 0 aliphatic carbocycles. The Labute approximate surface area is 205 Å². The number of ether oxygens (including phenoxy) is 1. The fraction of sp³-hybridized carbons (Fsp3) is 0.391. The van der Waals surface area contributed by atoms with Gasteiger partial charge in [0.25, 0.3) is 0 Å².